The lowest BCUT2D eigenvalue weighted by molar-refractivity contribution is 0.417. The number of fused-ring (bicyclic) bond motifs is 1. The van der Waals surface area contributed by atoms with Gasteiger partial charge in [-0.2, -0.15) is 0 Å². The number of hydrogen-bond donors (Lipinski definition) is 1. The number of methoxy groups -OCH3 is 1. The van der Waals surface area contributed by atoms with Gasteiger partial charge >= 0.3 is 0 Å². The number of rotatable bonds is 6. The van der Waals surface area contributed by atoms with E-state index in [1.807, 2.05) is 0 Å². The zero-order chi connectivity index (χ0) is 21.3. The Kier molecular flexibility index (Phi) is 5.08. The van der Waals surface area contributed by atoms with Crippen molar-refractivity contribution in [3.05, 3.63) is 78.3 Å². The van der Waals surface area contributed by atoms with Gasteiger partial charge in [0.05, 0.1) is 24.2 Å². The molecule has 2 aromatic carbocycles. The molecule has 0 aliphatic rings. The number of ether oxygens (including phenoxy) is 1. The monoisotopic (exact) mass is 430 g/mol. The highest BCUT2D eigenvalue weighted by Gasteiger charge is 2.17. The first kappa shape index (κ1) is 19.8. The lowest BCUT2D eigenvalue weighted by Crippen LogP contribution is -2.16. The Bertz CT molecular complexity index is 1290. The molecule has 0 spiro atoms. The van der Waals surface area contributed by atoms with Crippen LogP contribution in [0.5, 0.6) is 5.75 Å². The van der Waals surface area contributed by atoms with E-state index in [1.54, 1.807) is 47.3 Å². The van der Waals surface area contributed by atoms with Crippen LogP contribution in [0.1, 0.15) is 5.56 Å². The Morgan fingerprint density at radius 2 is 1.90 bits per heavy atom. The number of benzene rings is 2. The minimum absolute atomic E-state index is 0.0125. The topological polar surface area (TPSA) is 85.6 Å². The third-order valence-corrected chi connectivity index (χ3v) is 5.52. The maximum atomic E-state index is 13.4. The molecule has 0 aliphatic heterocycles. The number of sulfonamides is 1. The van der Waals surface area contributed by atoms with Gasteiger partial charge in [0.25, 0.3) is 0 Å². The van der Waals surface area contributed by atoms with Crippen LogP contribution < -0.4 is 9.46 Å². The maximum Gasteiger partial charge on any atom is 0.237 e. The Hall–Kier alpha value is -3.53. The van der Waals surface area contributed by atoms with Crippen LogP contribution >= 0.6 is 0 Å². The van der Waals surface area contributed by atoms with Gasteiger partial charge in [-0.3, -0.25) is 9.12 Å². The minimum atomic E-state index is -3.98. The lowest BCUT2D eigenvalue weighted by Gasteiger charge is -2.13. The molecule has 1 N–H and O–H groups in total. The van der Waals surface area contributed by atoms with Gasteiger partial charge in [0.15, 0.2) is 0 Å². The molecular formula is C20H16F2N4O3S. The standard InChI is InChI=1S/C20H16F2N4O3S/c1-29-19-4-3-14(18-11-26-6-2-5-23-20(26)24-18)9-17(19)25-30(27,28)12-13-7-15(21)10-16(22)8-13/h2-11,25H,12H2,1H3. The quantitative estimate of drug-likeness (QED) is 0.505. The summed E-state index contributed by atoms with van der Waals surface area (Å²) in [5.41, 5.74) is 1.39. The average molecular weight is 430 g/mol. The van der Waals surface area contributed by atoms with Crippen LogP contribution in [0.4, 0.5) is 14.5 Å². The summed E-state index contributed by atoms with van der Waals surface area (Å²) in [6, 6.07) is 9.30. The molecule has 2 aromatic heterocycles. The van der Waals surface area contributed by atoms with Crippen molar-refractivity contribution in [2.24, 2.45) is 0 Å². The number of anilines is 1. The first-order valence-corrected chi connectivity index (χ1v) is 10.4. The number of halogens is 2. The minimum Gasteiger partial charge on any atom is -0.495 e. The van der Waals surface area contributed by atoms with Crippen LogP contribution in [0.3, 0.4) is 0 Å². The van der Waals surface area contributed by atoms with Crippen molar-refractivity contribution in [2.45, 2.75) is 5.75 Å². The average Bonchev–Trinajstić information content (AvgIpc) is 3.10. The van der Waals surface area contributed by atoms with E-state index >= 15 is 0 Å². The third-order valence-electron chi connectivity index (χ3n) is 4.28. The summed E-state index contributed by atoms with van der Waals surface area (Å²) in [5.74, 6) is -1.51. The Labute approximate surface area is 171 Å². The molecule has 154 valence electrons. The molecule has 0 saturated heterocycles. The van der Waals surface area contributed by atoms with Gasteiger partial charge in [0, 0.05) is 30.2 Å². The number of nitrogens with zero attached hydrogens (tertiary/aromatic N) is 3. The fourth-order valence-corrected chi connectivity index (χ4v) is 4.21. The summed E-state index contributed by atoms with van der Waals surface area (Å²) in [4.78, 5) is 8.57. The Morgan fingerprint density at radius 3 is 2.60 bits per heavy atom. The zero-order valence-electron chi connectivity index (χ0n) is 15.7. The molecule has 0 aliphatic carbocycles. The van der Waals surface area contributed by atoms with E-state index in [2.05, 4.69) is 14.7 Å². The second-order valence-electron chi connectivity index (χ2n) is 6.51. The van der Waals surface area contributed by atoms with Crippen LogP contribution in [-0.4, -0.2) is 29.9 Å². The highest BCUT2D eigenvalue weighted by Crippen LogP contribution is 2.31. The van der Waals surface area contributed by atoms with E-state index in [9.17, 15) is 17.2 Å². The van der Waals surface area contributed by atoms with E-state index in [-0.39, 0.29) is 17.0 Å². The molecule has 4 aromatic rings. The number of hydrogen-bond acceptors (Lipinski definition) is 5. The normalized spacial score (nSPS) is 11.6. The van der Waals surface area contributed by atoms with E-state index < -0.39 is 27.4 Å². The molecule has 10 heteroatoms. The van der Waals surface area contributed by atoms with Crippen molar-refractivity contribution in [1.82, 2.24) is 14.4 Å². The SMILES string of the molecule is COc1ccc(-c2cn3cccnc3n2)cc1NS(=O)(=O)Cc1cc(F)cc(F)c1. The van der Waals surface area contributed by atoms with Gasteiger partial charge in [-0.05, 0) is 42.0 Å². The third kappa shape index (κ3) is 4.23. The summed E-state index contributed by atoms with van der Waals surface area (Å²) in [5, 5.41) is 0. The molecular weight excluding hydrogens is 414 g/mol. The van der Waals surface area contributed by atoms with Gasteiger partial charge in [0.1, 0.15) is 17.4 Å². The number of imidazole rings is 1. The summed E-state index contributed by atoms with van der Waals surface area (Å²) in [7, 11) is -2.57. The zero-order valence-corrected chi connectivity index (χ0v) is 16.5. The van der Waals surface area contributed by atoms with Crippen LogP contribution in [-0.2, 0) is 15.8 Å². The Morgan fingerprint density at radius 1 is 1.13 bits per heavy atom. The molecule has 0 unspecified atom stereocenters. The maximum absolute atomic E-state index is 13.4. The lowest BCUT2D eigenvalue weighted by atomic mass is 10.1. The first-order chi connectivity index (χ1) is 14.3. The smallest absolute Gasteiger partial charge is 0.237 e. The van der Waals surface area contributed by atoms with Crippen LogP contribution in [0, 0.1) is 11.6 Å². The summed E-state index contributed by atoms with van der Waals surface area (Å²) in [6.07, 6.45) is 5.18. The van der Waals surface area contributed by atoms with E-state index in [4.69, 9.17) is 4.74 Å². The van der Waals surface area contributed by atoms with E-state index in [1.165, 1.54) is 7.11 Å². The number of nitrogens with one attached hydrogen (secondary N) is 1. The van der Waals surface area contributed by atoms with Crippen molar-refractivity contribution in [1.29, 1.82) is 0 Å². The van der Waals surface area contributed by atoms with E-state index in [0.717, 1.165) is 12.1 Å². The predicted octanol–water partition coefficient (Wildman–Crippen LogP) is 3.63. The molecule has 0 saturated carbocycles. The van der Waals surface area contributed by atoms with Crippen molar-refractivity contribution in [2.75, 3.05) is 11.8 Å². The van der Waals surface area contributed by atoms with Crippen LogP contribution in [0.2, 0.25) is 0 Å². The Balaban J connectivity index is 1.66. The van der Waals surface area contributed by atoms with Crippen molar-refractivity contribution < 1.29 is 21.9 Å². The van der Waals surface area contributed by atoms with E-state index in [0.29, 0.717) is 23.1 Å². The highest BCUT2D eigenvalue weighted by atomic mass is 32.2. The molecule has 0 atom stereocenters. The van der Waals surface area contributed by atoms with Gasteiger partial charge < -0.3 is 4.74 Å². The van der Waals surface area contributed by atoms with Gasteiger partial charge in [0.2, 0.25) is 15.8 Å². The molecule has 30 heavy (non-hydrogen) atoms. The molecule has 0 fully saturated rings. The highest BCUT2D eigenvalue weighted by molar-refractivity contribution is 7.91. The largest absolute Gasteiger partial charge is 0.495 e. The fraction of sp³-hybridized carbons (Fsp3) is 0.100. The second-order valence-corrected chi connectivity index (χ2v) is 8.23. The molecule has 7 nitrogen and oxygen atoms in total. The van der Waals surface area contributed by atoms with Crippen molar-refractivity contribution in [3.8, 4) is 17.0 Å². The fourth-order valence-electron chi connectivity index (χ4n) is 3.03. The molecule has 0 amide bonds. The molecule has 4 rings (SSSR count). The summed E-state index contributed by atoms with van der Waals surface area (Å²) >= 11 is 0. The molecule has 0 radical (unpaired) electrons. The summed E-state index contributed by atoms with van der Waals surface area (Å²) in [6.45, 7) is 0. The summed E-state index contributed by atoms with van der Waals surface area (Å²) < 4.78 is 61.4. The van der Waals surface area contributed by atoms with Crippen molar-refractivity contribution >= 4 is 21.5 Å². The number of aromatic nitrogens is 3. The van der Waals surface area contributed by atoms with Crippen molar-refractivity contribution in [3.63, 3.8) is 0 Å². The predicted molar refractivity (Wildman–Crippen MR) is 108 cm³/mol. The van der Waals surface area contributed by atoms with Gasteiger partial charge in [-0.25, -0.2) is 27.2 Å². The van der Waals surface area contributed by atoms with Crippen LogP contribution in [0.15, 0.2) is 61.1 Å². The van der Waals surface area contributed by atoms with Gasteiger partial charge in [-0.1, -0.05) is 0 Å². The first-order valence-electron chi connectivity index (χ1n) is 8.76. The second kappa shape index (κ2) is 7.71. The van der Waals surface area contributed by atoms with Crippen LogP contribution in [0.25, 0.3) is 17.0 Å². The van der Waals surface area contributed by atoms with Gasteiger partial charge in [-0.15, -0.1) is 0 Å². The molecule has 2 heterocycles. The molecule has 0 bridgehead atoms.